The highest BCUT2D eigenvalue weighted by molar-refractivity contribution is 7.15. The quantitative estimate of drug-likeness (QED) is 0.541. The van der Waals surface area contributed by atoms with E-state index in [0.29, 0.717) is 6.42 Å². The molecule has 142 valence electrons. The monoisotopic (exact) mass is 390 g/mol. The maximum absolute atomic E-state index is 12.6. The largest absolute Gasteiger partial charge is 0.377 e. The van der Waals surface area contributed by atoms with Gasteiger partial charge in [0.1, 0.15) is 0 Å². The summed E-state index contributed by atoms with van der Waals surface area (Å²) in [5.41, 5.74) is 6.02. The van der Waals surface area contributed by atoms with Gasteiger partial charge in [-0.1, -0.05) is 30.3 Å². The molecule has 4 rings (SSSR count). The molecular weight excluding hydrogens is 368 g/mol. The summed E-state index contributed by atoms with van der Waals surface area (Å²) in [5.74, 6) is -0.0355. The molecule has 6 heteroatoms. The number of thiazole rings is 1. The van der Waals surface area contributed by atoms with Gasteiger partial charge in [0.2, 0.25) is 5.91 Å². The van der Waals surface area contributed by atoms with Crippen LogP contribution in [-0.2, 0) is 11.2 Å². The summed E-state index contributed by atoms with van der Waals surface area (Å²) in [7, 11) is 4.02. The molecular formula is C22H22N4OS. The minimum absolute atomic E-state index is 0.0355. The van der Waals surface area contributed by atoms with Crippen molar-refractivity contribution in [1.82, 2.24) is 9.38 Å². The molecule has 0 aliphatic heterocycles. The van der Waals surface area contributed by atoms with Crippen LogP contribution in [0.5, 0.6) is 0 Å². The molecule has 2 aromatic carbocycles. The molecule has 0 aliphatic carbocycles. The van der Waals surface area contributed by atoms with E-state index in [1.165, 1.54) is 0 Å². The average Bonchev–Trinajstić information content (AvgIpc) is 3.24. The van der Waals surface area contributed by atoms with Crippen LogP contribution >= 0.6 is 11.3 Å². The molecule has 2 aromatic heterocycles. The number of nitrogens with one attached hydrogen (secondary N) is 1. The molecule has 0 saturated carbocycles. The zero-order valence-electron chi connectivity index (χ0n) is 16.1. The van der Waals surface area contributed by atoms with E-state index in [2.05, 4.69) is 15.2 Å². The molecule has 5 nitrogen and oxygen atoms in total. The van der Waals surface area contributed by atoms with Crippen molar-refractivity contribution in [1.29, 1.82) is 0 Å². The van der Waals surface area contributed by atoms with Crippen LogP contribution in [-0.4, -0.2) is 29.4 Å². The molecule has 2 heterocycles. The number of fused-ring (bicyclic) bond motifs is 1. The Hall–Kier alpha value is -3.12. The fourth-order valence-electron chi connectivity index (χ4n) is 3.31. The van der Waals surface area contributed by atoms with Gasteiger partial charge in [-0.2, -0.15) is 0 Å². The van der Waals surface area contributed by atoms with E-state index in [0.717, 1.165) is 38.9 Å². The lowest BCUT2D eigenvalue weighted by molar-refractivity contribution is -0.115. The van der Waals surface area contributed by atoms with Gasteiger partial charge in [-0.05, 0) is 30.7 Å². The van der Waals surface area contributed by atoms with Gasteiger partial charge in [0.15, 0.2) is 4.96 Å². The fourth-order valence-corrected chi connectivity index (χ4v) is 4.18. The summed E-state index contributed by atoms with van der Waals surface area (Å²) in [5, 5.41) is 5.00. The third kappa shape index (κ3) is 3.64. The van der Waals surface area contributed by atoms with E-state index in [-0.39, 0.29) is 5.91 Å². The second kappa shape index (κ2) is 7.48. The maximum Gasteiger partial charge on any atom is 0.230 e. The Labute approximate surface area is 168 Å². The molecule has 0 aliphatic rings. The lowest BCUT2D eigenvalue weighted by Gasteiger charge is -2.16. The number of amides is 1. The Bertz CT molecular complexity index is 1130. The van der Waals surface area contributed by atoms with Crippen molar-refractivity contribution in [3.8, 4) is 11.3 Å². The Kier molecular flexibility index (Phi) is 4.88. The third-order valence-corrected chi connectivity index (χ3v) is 5.55. The SMILES string of the molecule is Cc1cc(NC(=O)Cc2csc3nc(-c4ccccc4)cn23)ccc1N(C)C. The fraction of sp³-hybridized carbons (Fsp3) is 0.182. The van der Waals surface area contributed by atoms with Gasteiger partial charge in [-0.25, -0.2) is 4.98 Å². The van der Waals surface area contributed by atoms with Gasteiger partial charge >= 0.3 is 0 Å². The van der Waals surface area contributed by atoms with E-state index >= 15 is 0 Å². The molecule has 28 heavy (non-hydrogen) atoms. The van der Waals surface area contributed by atoms with Gasteiger partial charge in [0.05, 0.1) is 12.1 Å². The van der Waals surface area contributed by atoms with Crippen molar-refractivity contribution < 1.29 is 4.79 Å². The first-order chi connectivity index (χ1) is 13.5. The molecule has 0 fully saturated rings. The van der Waals surface area contributed by atoms with Crippen molar-refractivity contribution in [3.63, 3.8) is 0 Å². The van der Waals surface area contributed by atoms with Crippen LogP contribution in [0.1, 0.15) is 11.3 Å². The number of rotatable bonds is 5. The van der Waals surface area contributed by atoms with Gasteiger partial charge < -0.3 is 10.2 Å². The first kappa shape index (κ1) is 18.3. The molecule has 1 amide bonds. The van der Waals surface area contributed by atoms with Crippen LogP contribution in [0, 0.1) is 6.92 Å². The highest BCUT2D eigenvalue weighted by atomic mass is 32.1. The van der Waals surface area contributed by atoms with Gasteiger partial charge in [0, 0.05) is 48.3 Å². The molecule has 0 unspecified atom stereocenters. The third-order valence-electron chi connectivity index (χ3n) is 4.66. The summed E-state index contributed by atoms with van der Waals surface area (Å²) in [6, 6.07) is 16.0. The predicted molar refractivity (Wildman–Crippen MR) is 116 cm³/mol. The van der Waals surface area contributed by atoms with E-state index in [1.807, 2.05) is 85.5 Å². The highest BCUT2D eigenvalue weighted by Crippen LogP contribution is 2.25. The number of nitrogens with zero attached hydrogens (tertiary/aromatic N) is 3. The number of carbonyl (C=O) groups excluding carboxylic acids is 1. The predicted octanol–water partition coefficient (Wildman–Crippen LogP) is 4.62. The minimum atomic E-state index is -0.0355. The Balaban J connectivity index is 1.51. The minimum Gasteiger partial charge on any atom is -0.377 e. The number of hydrogen-bond donors (Lipinski definition) is 1. The topological polar surface area (TPSA) is 49.6 Å². The van der Waals surface area contributed by atoms with Crippen LogP contribution in [0.4, 0.5) is 11.4 Å². The molecule has 0 spiro atoms. The maximum atomic E-state index is 12.6. The van der Waals surface area contributed by atoms with E-state index in [1.54, 1.807) is 11.3 Å². The molecule has 4 aromatic rings. The standard InChI is InChI=1S/C22H22N4OS/c1-15-11-17(9-10-20(15)25(2)3)23-21(27)12-18-14-28-22-24-19(13-26(18)22)16-7-5-4-6-8-16/h4-11,13-14H,12H2,1-3H3,(H,23,27). The number of hydrogen-bond acceptors (Lipinski definition) is 4. The van der Waals surface area contributed by atoms with Crippen molar-refractivity contribution in [2.45, 2.75) is 13.3 Å². The first-order valence-electron chi connectivity index (χ1n) is 9.10. The van der Waals surface area contributed by atoms with E-state index in [9.17, 15) is 4.79 Å². The molecule has 1 N–H and O–H groups in total. The molecule has 0 atom stereocenters. The number of imidazole rings is 1. The second-order valence-electron chi connectivity index (χ2n) is 6.99. The zero-order valence-corrected chi connectivity index (χ0v) is 17.0. The zero-order chi connectivity index (χ0) is 19.7. The summed E-state index contributed by atoms with van der Waals surface area (Å²) in [6.07, 6.45) is 2.30. The number of aryl methyl sites for hydroxylation is 1. The number of benzene rings is 2. The summed E-state index contributed by atoms with van der Waals surface area (Å²) < 4.78 is 2.01. The summed E-state index contributed by atoms with van der Waals surface area (Å²) in [6.45, 7) is 2.05. The molecule has 0 saturated heterocycles. The average molecular weight is 391 g/mol. The second-order valence-corrected chi connectivity index (χ2v) is 7.83. The lowest BCUT2D eigenvalue weighted by Crippen LogP contribution is -2.16. The van der Waals surface area contributed by atoms with Crippen molar-refractivity contribution in [3.05, 3.63) is 71.4 Å². The Morgan fingerprint density at radius 3 is 2.68 bits per heavy atom. The van der Waals surface area contributed by atoms with Crippen molar-refractivity contribution >= 4 is 33.6 Å². The van der Waals surface area contributed by atoms with Crippen molar-refractivity contribution in [2.75, 3.05) is 24.3 Å². The lowest BCUT2D eigenvalue weighted by atomic mass is 10.1. The summed E-state index contributed by atoms with van der Waals surface area (Å²) >= 11 is 1.55. The Morgan fingerprint density at radius 2 is 1.96 bits per heavy atom. The van der Waals surface area contributed by atoms with Crippen molar-refractivity contribution in [2.24, 2.45) is 0 Å². The van der Waals surface area contributed by atoms with Crippen LogP contribution in [0.15, 0.2) is 60.1 Å². The van der Waals surface area contributed by atoms with Crippen LogP contribution in [0.3, 0.4) is 0 Å². The highest BCUT2D eigenvalue weighted by Gasteiger charge is 2.13. The van der Waals surface area contributed by atoms with E-state index in [4.69, 9.17) is 0 Å². The smallest absolute Gasteiger partial charge is 0.230 e. The van der Waals surface area contributed by atoms with Crippen LogP contribution in [0.2, 0.25) is 0 Å². The van der Waals surface area contributed by atoms with Gasteiger partial charge in [-0.3, -0.25) is 9.20 Å². The number of aromatic nitrogens is 2. The Morgan fingerprint density at radius 1 is 1.18 bits per heavy atom. The van der Waals surface area contributed by atoms with Crippen LogP contribution in [0.25, 0.3) is 16.2 Å². The van der Waals surface area contributed by atoms with Crippen LogP contribution < -0.4 is 10.2 Å². The number of carbonyl (C=O) groups is 1. The summed E-state index contributed by atoms with van der Waals surface area (Å²) in [4.78, 5) is 20.2. The normalized spacial score (nSPS) is 11.0. The molecule has 0 bridgehead atoms. The first-order valence-corrected chi connectivity index (χ1v) is 9.98. The molecule has 0 radical (unpaired) electrons. The number of anilines is 2. The van der Waals surface area contributed by atoms with Gasteiger partial charge in [-0.15, -0.1) is 11.3 Å². The van der Waals surface area contributed by atoms with E-state index < -0.39 is 0 Å². The van der Waals surface area contributed by atoms with Gasteiger partial charge in [0.25, 0.3) is 0 Å².